The normalized spacial score (nSPS) is 9.40. The van der Waals surface area contributed by atoms with Gasteiger partial charge in [-0.3, -0.25) is 4.79 Å². The third kappa shape index (κ3) is 3.82. The lowest BCUT2D eigenvalue weighted by Gasteiger charge is -2.10. The van der Waals surface area contributed by atoms with Crippen LogP contribution in [0.1, 0.15) is 25.0 Å². The number of hydrogen-bond acceptors (Lipinski definition) is 3. The first kappa shape index (κ1) is 15.7. The largest absolute Gasteiger partial charge is 0.354 e. The number of nitrogens with one attached hydrogen (secondary N) is 2. The molecule has 1 aromatic carbocycles. The van der Waals surface area contributed by atoms with Gasteiger partial charge in [-0.15, -0.1) is 0 Å². The second-order valence-corrected chi connectivity index (χ2v) is 4.23. The van der Waals surface area contributed by atoms with Gasteiger partial charge in [-0.1, -0.05) is 25.5 Å². The van der Waals surface area contributed by atoms with E-state index in [-0.39, 0.29) is 5.56 Å². The van der Waals surface area contributed by atoms with Crippen molar-refractivity contribution in [3.8, 4) is 0 Å². The lowest BCUT2D eigenvalue weighted by atomic mass is 10.1. The molecule has 0 atom stereocenters. The number of rotatable bonds is 3. The minimum absolute atomic E-state index is 0.0447. The number of aromatic nitrogens is 1. The molecule has 4 nitrogen and oxygen atoms in total. The van der Waals surface area contributed by atoms with Gasteiger partial charge in [-0.2, -0.15) is 0 Å². The molecule has 4 heteroatoms. The van der Waals surface area contributed by atoms with Crippen LogP contribution in [0.5, 0.6) is 0 Å². The molecule has 0 unspecified atom stereocenters. The van der Waals surface area contributed by atoms with Crippen molar-refractivity contribution >= 4 is 17.6 Å². The number of nitrogens with zero attached hydrogens (tertiary/aromatic N) is 1. The van der Waals surface area contributed by atoms with Gasteiger partial charge in [-0.25, -0.2) is 0 Å². The Labute approximate surface area is 119 Å². The van der Waals surface area contributed by atoms with Crippen LogP contribution in [0, 0.1) is 12.3 Å². The molecule has 0 spiro atoms. The molecular weight excluding hydrogens is 250 g/mol. The first-order valence-corrected chi connectivity index (χ1v) is 6.65. The molecule has 2 rings (SSSR count). The number of hydrogen-bond donors (Lipinski definition) is 2. The molecule has 106 valence electrons. The van der Waals surface area contributed by atoms with Gasteiger partial charge >= 0.3 is 0 Å². The molecule has 0 saturated carbocycles. The minimum Gasteiger partial charge on any atom is -0.354 e. The Hall–Kier alpha value is -2.36. The Morgan fingerprint density at radius 2 is 1.90 bits per heavy atom. The van der Waals surface area contributed by atoms with Gasteiger partial charge < -0.3 is 15.3 Å². The van der Waals surface area contributed by atoms with E-state index < -0.39 is 0 Å². The quantitative estimate of drug-likeness (QED) is 0.840. The minimum atomic E-state index is -0.0447. The van der Waals surface area contributed by atoms with E-state index in [1.807, 2.05) is 39.0 Å². The maximum Gasteiger partial charge on any atom is 0.250 e. The molecule has 0 aliphatic rings. The zero-order valence-electron chi connectivity index (χ0n) is 12.4. The second-order valence-electron chi connectivity index (χ2n) is 4.23. The summed E-state index contributed by atoms with van der Waals surface area (Å²) in [7, 11) is 1.71. The molecule has 1 heterocycles. The summed E-state index contributed by atoms with van der Waals surface area (Å²) < 4.78 is 1.51. The van der Waals surface area contributed by atoms with Gasteiger partial charge in [-0.05, 0) is 25.1 Å². The molecule has 0 aliphatic heterocycles. The molecule has 2 aromatic rings. The fraction of sp³-hybridized carbons (Fsp3) is 0.250. The Morgan fingerprint density at radius 1 is 1.20 bits per heavy atom. The molecule has 0 fully saturated rings. The standard InChI is InChI=1S/C14H15N3O.C2H6/c1-10-3-5-13(11(7-10)8-15)16-12-4-6-14(18)17(2)9-12;1-2/h3-9,15-16H,1-2H3;1-2H3. The van der Waals surface area contributed by atoms with Crippen LogP contribution in [0.15, 0.2) is 41.3 Å². The van der Waals surface area contributed by atoms with E-state index in [1.165, 1.54) is 16.8 Å². The van der Waals surface area contributed by atoms with Crippen molar-refractivity contribution in [2.24, 2.45) is 7.05 Å². The second kappa shape index (κ2) is 7.28. The predicted octanol–water partition coefficient (Wildman–Crippen LogP) is 3.46. The first-order chi connectivity index (χ1) is 9.60. The van der Waals surface area contributed by atoms with Crippen LogP contribution in [0.4, 0.5) is 11.4 Å². The number of aryl methyl sites for hydroxylation is 2. The van der Waals surface area contributed by atoms with Crippen LogP contribution in [-0.4, -0.2) is 10.8 Å². The summed E-state index contributed by atoms with van der Waals surface area (Å²) in [6, 6.07) is 9.10. The maximum atomic E-state index is 11.3. The summed E-state index contributed by atoms with van der Waals surface area (Å²) in [5, 5.41) is 10.6. The zero-order valence-corrected chi connectivity index (χ0v) is 12.4. The average molecular weight is 271 g/mol. The van der Waals surface area contributed by atoms with Crippen molar-refractivity contribution in [3.63, 3.8) is 0 Å². The van der Waals surface area contributed by atoms with E-state index in [1.54, 1.807) is 19.3 Å². The summed E-state index contributed by atoms with van der Waals surface area (Å²) in [4.78, 5) is 11.3. The molecule has 1 aromatic heterocycles. The summed E-state index contributed by atoms with van der Waals surface area (Å²) in [5.41, 5.74) is 3.57. The Balaban J connectivity index is 0.000000956. The fourth-order valence-corrected chi connectivity index (χ4v) is 1.74. The molecule has 0 aliphatic carbocycles. The third-order valence-corrected chi connectivity index (χ3v) is 2.73. The highest BCUT2D eigenvalue weighted by Crippen LogP contribution is 2.20. The van der Waals surface area contributed by atoms with Crippen molar-refractivity contribution in [3.05, 3.63) is 58.0 Å². The number of pyridine rings is 1. The van der Waals surface area contributed by atoms with Crippen LogP contribution >= 0.6 is 0 Å². The lowest BCUT2D eigenvalue weighted by molar-refractivity contribution is 0.862. The van der Waals surface area contributed by atoms with Crippen LogP contribution in [0.2, 0.25) is 0 Å². The lowest BCUT2D eigenvalue weighted by Crippen LogP contribution is -2.14. The highest BCUT2D eigenvalue weighted by molar-refractivity contribution is 5.87. The molecule has 0 saturated heterocycles. The monoisotopic (exact) mass is 271 g/mol. The van der Waals surface area contributed by atoms with E-state index in [2.05, 4.69) is 5.32 Å². The van der Waals surface area contributed by atoms with Crippen molar-refractivity contribution in [2.75, 3.05) is 5.32 Å². The highest BCUT2D eigenvalue weighted by atomic mass is 16.1. The summed E-state index contributed by atoms with van der Waals surface area (Å²) >= 11 is 0. The van der Waals surface area contributed by atoms with Gasteiger partial charge in [0.15, 0.2) is 0 Å². The predicted molar refractivity (Wildman–Crippen MR) is 85.4 cm³/mol. The van der Waals surface area contributed by atoms with Crippen LogP contribution in [-0.2, 0) is 7.05 Å². The van der Waals surface area contributed by atoms with Crippen molar-refractivity contribution in [1.82, 2.24) is 4.57 Å². The van der Waals surface area contributed by atoms with Gasteiger partial charge in [0, 0.05) is 36.8 Å². The highest BCUT2D eigenvalue weighted by Gasteiger charge is 2.02. The van der Waals surface area contributed by atoms with E-state index in [9.17, 15) is 4.79 Å². The van der Waals surface area contributed by atoms with Gasteiger partial charge in [0.25, 0.3) is 0 Å². The summed E-state index contributed by atoms with van der Waals surface area (Å²) in [6.45, 7) is 5.99. The molecular formula is C16H21N3O. The van der Waals surface area contributed by atoms with Gasteiger partial charge in [0.1, 0.15) is 0 Å². The number of anilines is 2. The fourth-order valence-electron chi connectivity index (χ4n) is 1.74. The molecule has 2 N–H and O–H groups in total. The Morgan fingerprint density at radius 3 is 2.50 bits per heavy atom. The molecule has 0 radical (unpaired) electrons. The molecule has 20 heavy (non-hydrogen) atoms. The summed E-state index contributed by atoms with van der Waals surface area (Å²) in [6.07, 6.45) is 3.05. The number of benzene rings is 1. The van der Waals surface area contributed by atoms with Crippen LogP contribution in [0.25, 0.3) is 0 Å². The van der Waals surface area contributed by atoms with Crippen molar-refractivity contribution in [1.29, 1.82) is 5.41 Å². The Kier molecular flexibility index (Phi) is 5.72. The van der Waals surface area contributed by atoms with Crippen molar-refractivity contribution in [2.45, 2.75) is 20.8 Å². The Bertz CT molecular complexity index is 644. The summed E-state index contributed by atoms with van der Waals surface area (Å²) in [5.74, 6) is 0. The smallest absolute Gasteiger partial charge is 0.250 e. The van der Waals surface area contributed by atoms with E-state index in [0.717, 1.165) is 22.5 Å². The van der Waals surface area contributed by atoms with Crippen LogP contribution < -0.4 is 10.9 Å². The van der Waals surface area contributed by atoms with E-state index >= 15 is 0 Å². The molecule has 0 amide bonds. The van der Waals surface area contributed by atoms with E-state index in [0.29, 0.717) is 0 Å². The molecule has 0 bridgehead atoms. The SMILES string of the molecule is CC.Cc1ccc(Nc2ccc(=O)n(C)c2)c(C=N)c1. The van der Waals surface area contributed by atoms with Gasteiger partial charge in [0.05, 0.1) is 5.69 Å². The topological polar surface area (TPSA) is 57.9 Å². The zero-order chi connectivity index (χ0) is 15.1. The first-order valence-electron chi connectivity index (χ1n) is 6.65. The maximum absolute atomic E-state index is 11.3. The third-order valence-electron chi connectivity index (χ3n) is 2.73. The van der Waals surface area contributed by atoms with Crippen LogP contribution in [0.3, 0.4) is 0 Å². The van der Waals surface area contributed by atoms with E-state index in [4.69, 9.17) is 5.41 Å². The van der Waals surface area contributed by atoms with Crippen molar-refractivity contribution < 1.29 is 0 Å². The average Bonchev–Trinajstić information content (AvgIpc) is 2.47. The van der Waals surface area contributed by atoms with Gasteiger partial charge in [0.2, 0.25) is 5.56 Å².